The molecule has 1 aliphatic rings. The minimum atomic E-state index is -4.55. The van der Waals surface area contributed by atoms with Gasteiger partial charge >= 0.3 is 6.18 Å². The molecule has 7 nitrogen and oxygen atoms in total. The summed E-state index contributed by atoms with van der Waals surface area (Å²) in [5.41, 5.74) is 2.59. The molecule has 1 atom stereocenters. The molecule has 198 valence electrons. The molecule has 3 heterocycles. The minimum absolute atomic E-state index is 0.0963. The van der Waals surface area contributed by atoms with Crippen LogP contribution in [0.15, 0.2) is 90.3 Å². The number of nitrogens with one attached hydrogen (secondary N) is 1. The highest BCUT2D eigenvalue weighted by Crippen LogP contribution is 2.34. The van der Waals surface area contributed by atoms with Crippen LogP contribution < -0.4 is 4.90 Å². The predicted octanol–water partition coefficient (Wildman–Crippen LogP) is 5.04. The lowest BCUT2D eigenvalue weighted by Crippen LogP contribution is -2.43. The zero-order valence-electron chi connectivity index (χ0n) is 20.3. The van der Waals surface area contributed by atoms with Gasteiger partial charge < -0.3 is 9.88 Å². The van der Waals surface area contributed by atoms with Crippen molar-refractivity contribution in [2.75, 3.05) is 11.4 Å². The fourth-order valence-electron chi connectivity index (χ4n) is 4.73. The number of fused-ring (bicyclic) bond motifs is 1. The molecule has 0 fully saturated rings. The Hall–Kier alpha value is -3.70. The Kier molecular flexibility index (Phi) is 7.22. The lowest BCUT2D eigenvalue weighted by Gasteiger charge is -2.34. The number of aryl methyl sites for hydroxylation is 1. The molecule has 0 aliphatic carbocycles. The summed E-state index contributed by atoms with van der Waals surface area (Å²) in [4.78, 5) is 13.7. The molecule has 0 radical (unpaired) electrons. The third-order valence-corrected chi connectivity index (χ3v) is 8.50. The predicted molar refractivity (Wildman–Crippen MR) is 137 cm³/mol. The fraction of sp³-hybridized carbons (Fsp3) is 0.259. The molecule has 0 bridgehead atoms. The van der Waals surface area contributed by atoms with Crippen molar-refractivity contribution in [3.8, 4) is 0 Å². The molecule has 38 heavy (non-hydrogen) atoms. The molecule has 5 rings (SSSR count). The highest BCUT2D eigenvalue weighted by Gasteiger charge is 2.36. The first-order valence-electron chi connectivity index (χ1n) is 12.1. The molecule has 1 N–H and O–H groups in total. The van der Waals surface area contributed by atoms with Crippen LogP contribution in [-0.4, -0.2) is 40.3 Å². The third-order valence-electron chi connectivity index (χ3n) is 6.68. The lowest BCUT2D eigenvalue weighted by molar-refractivity contribution is -0.137. The molecular weight excluding hydrogens is 515 g/mol. The van der Waals surface area contributed by atoms with Gasteiger partial charge in [-0.15, -0.1) is 0 Å². The summed E-state index contributed by atoms with van der Waals surface area (Å²) in [6, 6.07) is 16.7. The zero-order valence-corrected chi connectivity index (χ0v) is 21.2. The van der Waals surface area contributed by atoms with Gasteiger partial charge in [0, 0.05) is 42.9 Å². The summed E-state index contributed by atoms with van der Waals surface area (Å²) in [6.07, 6.45) is 1.75. The van der Waals surface area contributed by atoms with E-state index in [1.54, 1.807) is 18.7 Å². The fourth-order valence-corrected chi connectivity index (χ4v) is 6.19. The van der Waals surface area contributed by atoms with E-state index in [-0.39, 0.29) is 24.0 Å². The second-order valence-electron chi connectivity index (χ2n) is 9.17. The number of aromatic amines is 1. The van der Waals surface area contributed by atoms with E-state index in [0.29, 0.717) is 19.4 Å². The van der Waals surface area contributed by atoms with Crippen LogP contribution in [0, 0.1) is 0 Å². The van der Waals surface area contributed by atoms with Gasteiger partial charge in [0.25, 0.3) is 0 Å². The van der Waals surface area contributed by atoms with E-state index in [1.807, 2.05) is 42.5 Å². The van der Waals surface area contributed by atoms with Crippen LogP contribution in [0.2, 0.25) is 0 Å². The molecule has 0 unspecified atom stereocenters. The van der Waals surface area contributed by atoms with Crippen LogP contribution in [0.4, 0.5) is 18.9 Å². The van der Waals surface area contributed by atoms with Gasteiger partial charge in [-0.2, -0.15) is 17.5 Å². The number of hydrogen-bond acceptors (Lipinski definition) is 5. The molecule has 2 aromatic heterocycles. The Morgan fingerprint density at radius 2 is 1.76 bits per heavy atom. The number of H-pyrrole nitrogens is 1. The molecule has 1 aliphatic heterocycles. The van der Waals surface area contributed by atoms with Crippen LogP contribution in [-0.2, 0) is 35.7 Å². The van der Waals surface area contributed by atoms with Gasteiger partial charge in [-0.05, 0) is 60.9 Å². The third kappa shape index (κ3) is 5.58. The van der Waals surface area contributed by atoms with Gasteiger partial charge in [0.15, 0.2) is 0 Å². The van der Waals surface area contributed by atoms with E-state index in [4.69, 9.17) is 0 Å². The Morgan fingerprint density at radius 1 is 1.00 bits per heavy atom. The number of para-hydroxylation sites is 1. The SMILES string of the molecule is O=S(=O)(c1ccc(C(F)(F)F)cc1)N1Cc2ccccc2N(Cc2cnc[nH]2)[C@H](CCc2ccccn2)C1. The van der Waals surface area contributed by atoms with Gasteiger partial charge in [-0.3, -0.25) is 4.98 Å². The average molecular weight is 542 g/mol. The molecule has 2 aromatic carbocycles. The van der Waals surface area contributed by atoms with Gasteiger partial charge in [0.2, 0.25) is 10.0 Å². The quantitative estimate of drug-likeness (QED) is 0.355. The smallest absolute Gasteiger partial charge is 0.361 e. The van der Waals surface area contributed by atoms with Crippen molar-refractivity contribution in [3.63, 3.8) is 0 Å². The Labute approximate surface area is 219 Å². The molecular formula is C27H26F3N5O2S. The van der Waals surface area contributed by atoms with Crippen molar-refractivity contribution in [2.45, 2.75) is 43.0 Å². The maximum absolute atomic E-state index is 13.8. The number of rotatable bonds is 7. The first kappa shape index (κ1) is 25.9. The molecule has 4 aromatic rings. The maximum Gasteiger partial charge on any atom is 0.416 e. The first-order valence-corrected chi connectivity index (χ1v) is 13.5. The van der Waals surface area contributed by atoms with E-state index in [1.165, 1.54) is 4.31 Å². The Balaban J connectivity index is 1.52. The van der Waals surface area contributed by atoms with Crippen molar-refractivity contribution in [2.24, 2.45) is 0 Å². The second-order valence-corrected chi connectivity index (χ2v) is 11.1. The Morgan fingerprint density at radius 3 is 2.45 bits per heavy atom. The topological polar surface area (TPSA) is 82.2 Å². The summed E-state index contributed by atoms with van der Waals surface area (Å²) in [6.45, 7) is 0.732. The van der Waals surface area contributed by atoms with E-state index < -0.39 is 21.8 Å². The average Bonchev–Trinajstić information content (AvgIpc) is 3.37. The normalized spacial score (nSPS) is 16.7. The van der Waals surface area contributed by atoms with Crippen molar-refractivity contribution >= 4 is 15.7 Å². The minimum Gasteiger partial charge on any atom is -0.361 e. The van der Waals surface area contributed by atoms with Crippen LogP contribution >= 0.6 is 0 Å². The Bertz CT molecular complexity index is 1460. The van der Waals surface area contributed by atoms with Crippen LogP contribution in [0.3, 0.4) is 0 Å². The van der Waals surface area contributed by atoms with Crippen molar-refractivity contribution < 1.29 is 21.6 Å². The van der Waals surface area contributed by atoms with Crippen LogP contribution in [0.25, 0.3) is 0 Å². The number of halogens is 3. The highest BCUT2D eigenvalue weighted by atomic mass is 32.2. The number of alkyl halides is 3. The largest absolute Gasteiger partial charge is 0.416 e. The number of pyridine rings is 1. The van der Waals surface area contributed by atoms with Crippen LogP contribution in [0.1, 0.15) is 28.9 Å². The summed E-state index contributed by atoms with van der Waals surface area (Å²) in [5, 5.41) is 0. The van der Waals surface area contributed by atoms with Gasteiger partial charge in [0.1, 0.15) is 0 Å². The molecule has 0 saturated heterocycles. The number of sulfonamides is 1. The van der Waals surface area contributed by atoms with E-state index in [2.05, 4.69) is 19.9 Å². The number of anilines is 1. The highest BCUT2D eigenvalue weighted by molar-refractivity contribution is 7.89. The lowest BCUT2D eigenvalue weighted by atomic mass is 10.1. The molecule has 0 amide bonds. The zero-order chi connectivity index (χ0) is 26.8. The summed E-state index contributed by atoms with van der Waals surface area (Å²) in [5.74, 6) is 0. The van der Waals surface area contributed by atoms with Crippen LogP contribution in [0.5, 0.6) is 0 Å². The molecule has 0 spiro atoms. The van der Waals surface area contributed by atoms with E-state index >= 15 is 0 Å². The van der Waals surface area contributed by atoms with Crippen molar-refractivity contribution in [1.82, 2.24) is 19.3 Å². The summed E-state index contributed by atoms with van der Waals surface area (Å²) in [7, 11) is -4.09. The standard InChI is InChI=1S/C27H26F3N5O2S/c28-27(29,30)21-8-12-25(13-9-21)38(36,37)34-16-20-5-1-2-7-26(20)35(17-23-15-31-19-33-23)24(18-34)11-10-22-6-3-4-14-32-22/h1-9,12-15,19,24H,10-11,16-18H2,(H,31,33)/t24-/m1/s1. The number of nitrogens with zero attached hydrogens (tertiary/aromatic N) is 4. The second kappa shape index (κ2) is 10.6. The van der Waals surface area contributed by atoms with Gasteiger partial charge in [-0.25, -0.2) is 13.4 Å². The number of aromatic nitrogens is 3. The summed E-state index contributed by atoms with van der Waals surface area (Å²) >= 11 is 0. The van der Waals surface area contributed by atoms with Gasteiger partial charge in [-0.1, -0.05) is 24.3 Å². The van der Waals surface area contributed by atoms with Crippen molar-refractivity contribution in [1.29, 1.82) is 0 Å². The number of hydrogen-bond donors (Lipinski definition) is 1. The van der Waals surface area contributed by atoms with E-state index in [9.17, 15) is 21.6 Å². The monoisotopic (exact) mass is 541 g/mol. The molecule has 0 saturated carbocycles. The first-order chi connectivity index (χ1) is 18.2. The van der Waals surface area contributed by atoms with Crippen molar-refractivity contribution in [3.05, 3.63) is 108 Å². The van der Waals surface area contributed by atoms with Gasteiger partial charge in [0.05, 0.1) is 29.0 Å². The summed E-state index contributed by atoms with van der Waals surface area (Å²) < 4.78 is 68.1. The maximum atomic E-state index is 13.8. The number of benzene rings is 2. The number of imidazole rings is 1. The van der Waals surface area contributed by atoms with E-state index in [0.717, 1.165) is 46.9 Å². The molecule has 11 heteroatoms.